The number of nitrogens with one attached hydrogen (secondary N) is 1. The molecule has 0 aromatic carbocycles. The summed E-state index contributed by atoms with van der Waals surface area (Å²) in [7, 11) is 0. The molecule has 1 aliphatic heterocycles. The standard InChI is InChI=1S/C7H13N.C2H6/c1-6-3-7(6,2)5-8-4-6;1-2/h8H,3-5H2,1-2H3;1-2H3. The van der Waals surface area contributed by atoms with E-state index in [0.29, 0.717) is 10.8 Å². The highest BCUT2D eigenvalue weighted by atomic mass is 15.0. The van der Waals surface area contributed by atoms with Gasteiger partial charge < -0.3 is 5.32 Å². The van der Waals surface area contributed by atoms with Gasteiger partial charge in [-0.05, 0) is 17.3 Å². The molecule has 2 rings (SSSR count). The van der Waals surface area contributed by atoms with Crippen LogP contribution in [0.2, 0.25) is 0 Å². The average Bonchev–Trinajstić information content (AvgIpc) is 2.29. The molecule has 0 spiro atoms. The molecule has 0 amide bonds. The van der Waals surface area contributed by atoms with Gasteiger partial charge in [-0.2, -0.15) is 0 Å². The first kappa shape index (κ1) is 8.06. The van der Waals surface area contributed by atoms with E-state index in [0.717, 1.165) is 0 Å². The third kappa shape index (κ3) is 0.878. The smallest absolute Gasteiger partial charge is 0.00113 e. The number of hydrogen-bond donors (Lipinski definition) is 1. The average molecular weight is 141 g/mol. The molecule has 2 atom stereocenters. The van der Waals surface area contributed by atoms with Gasteiger partial charge in [-0.15, -0.1) is 0 Å². The van der Waals surface area contributed by atoms with E-state index in [-0.39, 0.29) is 0 Å². The van der Waals surface area contributed by atoms with E-state index >= 15 is 0 Å². The molecule has 1 heterocycles. The third-order valence-electron chi connectivity index (χ3n) is 3.14. The van der Waals surface area contributed by atoms with Crippen molar-refractivity contribution in [3.05, 3.63) is 0 Å². The van der Waals surface area contributed by atoms with Crippen LogP contribution in [0.4, 0.5) is 0 Å². The summed E-state index contributed by atoms with van der Waals surface area (Å²) in [6, 6.07) is 0. The van der Waals surface area contributed by atoms with E-state index in [1.165, 1.54) is 19.5 Å². The fourth-order valence-electron chi connectivity index (χ4n) is 1.98. The molecule has 1 saturated carbocycles. The lowest BCUT2D eigenvalue weighted by Gasteiger charge is -2.02. The summed E-state index contributed by atoms with van der Waals surface area (Å²) < 4.78 is 0. The summed E-state index contributed by atoms with van der Waals surface area (Å²) in [5.41, 5.74) is 1.38. The molecule has 1 aliphatic carbocycles. The van der Waals surface area contributed by atoms with Crippen LogP contribution in [0.3, 0.4) is 0 Å². The SMILES string of the molecule is CC.CC12CNCC1(C)C2. The Morgan fingerprint density at radius 2 is 1.40 bits per heavy atom. The van der Waals surface area contributed by atoms with Gasteiger partial charge in [0.25, 0.3) is 0 Å². The van der Waals surface area contributed by atoms with E-state index in [9.17, 15) is 0 Å². The minimum atomic E-state index is 0.688. The topological polar surface area (TPSA) is 12.0 Å². The quantitative estimate of drug-likeness (QED) is 0.544. The maximum absolute atomic E-state index is 3.40. The lowest BCUT2D eigenvalue weighted by atomic mass is 10.0. The Labute approximate surface area is 64.2 Å². The molecule has 1 saturated heterocycles. The number of fused-ring (bicyclic) bond motifs is 1. The predicted molar refractivity (Wildman–Crippen MR) is 45.0 cm³/mol. The van der Waals surface area contributed by atoms with Crippen LogP contribution in [0.25, 0.3) is 0 Å². The zero-order valence-corrected chi connectivity index (χ0v) is 7.62. The molecule has 60 valence electrons. The highest BCUT2D eigenvalue weighted by Crippen LogP contribution is 2.65. The van der Waals surface area contributed by atoms with Crippen LogP contribution in [0.5, 0.6) is 0 Å². The van der Waals surface area contributed by atoms with Crippen LogP contribution in [0, 0.1) is 10.8 Å². The summed E-state index contributed by atoms with van der Waals surface area (Å²) >= 11 is 0. The van der Waals surface area contributed by atoms with Crippen LogP contribution < -0.4 is 5.32 Å². The van der Waals surface area contributed by atoms with Crippen molar-refractivity contribution in [3.8, 4) is 0 Å². The summed E-state index contributed by atoms with van der Waals surface area (Å²) in [5, 5.41) is 3.40. The lowest BCUT2D eigenvalue weighted by Crippen LogP contribution is -2.14. The zero-order chi connectivity index (χ0) is 7.83. The first-order valence-electron chi connectivity index (χ1n) is 4.37. The molecule has 2 fully saturated rings. The largest absolute Gasteiger partial charge is 0.316 e. The van der Waals surface area contributed by atoms with Crippen molar-refractivity contribution < 1.29 is 0 Å². The fraction of sp³-hybridized carbons (Fsp3) is 1.00. The summed E-state index contributed by atoms with van der Waals surface area (Å²) in [4.78, 5) is 0. The van der Waals surface area contributed by atoms with Crippen LogP contribution in [0.1, 0.15) is 34.1 Å². The van der Waals surface area contributed by atoms with E-state index in [4.69, 9.17) is 0 Å². The van der Waals surface area contributed by atoms with E-state index in [2.05, 4.69) is 19.2 Å². The first-order chi connectivity index (χ1) is 4.66. The number of rotatable bonds is 0. The van der Waals surface area contributed by atoms with Gasteiger partial charge in [-0.25, -0.2) is 0 Å². The molecule has 1 N–H and O–H groups in total. The van der Waals surface area contributed by atoms with Crippen LogP contribution in [-0.2, 0) is 0 Å². The number of hydrogen-bond acceptors (Lipinski definition) is 1. The highest BCUT2D eigenvalue weighted by Gasteiger charge is 2.63. The predicted octanol–water partition coefficient (Wildman–Crippen LogP) is 2.03. The molecule has 2 unspecified atom stereocenters. The van der Waals surface area contributed by atoms with Crippen molar-refractivity contribution in [2.24, 2.45) is 10.8 Å². The second kappa shape index (κ2) is 2.23. The molecule has 0 radical (unpaired) electrons. The molecule has 0 bridgehead atoms. The fourth-order valence-corrected chi connectivity index (χ4v) is 1.98. The zero-order valence-electron chi connectivity index (χ0n) is 7.62. The van der Waals surface area contributed by atoms with Gasteiger partial charge in [-0.1, -0.05) is 27.7 Å². The minimum absolute atomic E-state index is 0.688. The molecule has 0 aromatic rings. The maximum atomic E-state index is 3.40. The van der Waals surface area contributed by atoms with Gasteiger partial charge in [0.2, 0.25) is 0 Å². The summed E-state index contributed by atoms with van der Waals surface area (Å²) in [6.45, 7) is 11.3. The number of piperidine rings is 1. The molecular formula is C9H19N. The van der Waals surface area contributed by atoms with Crippen LogP contribution >= 0.6 is 0 Å². The van der Waals surface area contributed by atoms with Crippen LogP contribution in [-0.4, -0.2) is 13.1 Å². The summed E-state index contributed by atoms with van der Waals surface area (Å²) in [6.07, 6.45) is 1.45. The summed E-state index contributed by atoms with van der Waals surface area (Å²) in [5.74, 6) is 0. The monoisotopic (exact) mass is 141 g/mol. The Balaban J connectivity index is 0.000000231. The first-order valence-corrected chi connectivity index (χ1v) is 4.37. The van der Waals surface area contributed by atoms with Crippen LogP contribution in [0.15, 0.2) is 0 Å². The van der Waals surface area contributed by atoms with Gasteiger partial charge in [0.15, 0.2) is 0 Å². The van der Waals surface area contributed by atoms with Crippen molar-refractivity contribution in [3.63, 3.8) is 0 Å². The molecule has 0 aromatic heterocycles. The van der Waals surface area contributed by atoms with Crippen molar-refractivity contribution in [1.29, 1.82) is 0 Å². The van der Waals surface area contributed by atoms with Gasteiger partial charge in [0.05, 0.1) is 0 Å². The van der Waals surface area contributed by atoms with Crippen molar-refractivity contribution >= 4 is 0 Å². The Hall–Kier alpha value is -0.0400. The van der Waals surface area contributed by atoms with Gasteiger partial charge >= 0.3 is 0 Å². The van der Waals surface area contributed by atoms with E-state index in [1.54, 1.807) is 0 Å². The molecule has 2 aliphatic rings. The molecular weight excluding hydrogens is 122 g/mol. The lowest BCUT2D eigenvalue weighted by molar-refractivity contribution is 0.494. The Morgan fingerprint density at radius 1 is 1.00 bits per heavy atom. The maximum Gasteiger partial charge on any atom is 0.00113 e. The minimum Gasteiger partial charge on any atom is -0.316 e. The Kier molecular flexibility index (Phi) is 1.80. The Bertz CT molecular complexity index is 111. The second-order valence-electron chi connectivity index (χ2n) is 3.90. The van der Waals surface area contributed by atoms with E-state index < -0.39 is 0 Å². The highest BCUT2D eigenvalue weighted by molar-refractivity contribution is 5.15. The normalized spacial score (nSPS) is 49.2. The second-order valence-corrected chi connectivity index (χ2v) is 3.90. The van der Waals surface area contributed by atoms with Crippen molar-refractivity contribution in [2.75, 3.05) is 13.1 Å². The third-order valence-corrected chi connectivity index (χ3v) is 3.14. The van der Waals surface area contributed by atoms with Gasteiger partial charge in [-0.3, -0.25) is 0 Å². The van der Waals surface area contributed by atoms with Gasteiger partial charge in [0.1, 0.15) is 0 Å². The van der Waals surface area contributed by atoms with E-state index in [1.807, 2.05) is 13.8 Å². The molecule has 1 heteroatoms. The molecule has 1 nitrogen and oxygen atoms in total. The van der Waals surface area contributed by atoms with Crippen molar-refractivity contribution in [1.82, 2.24) is 5.32 Å². The van der Waals surface area contributed by atoms with Crippen molar-refractivity contribution in [2.45, 2.75) is 34.1 Å². The Morgan fingerprint density at radius 3 is 1.50 bits per heavy atom. The van der Waals surface area contributed by atoms with Gasteiger partial charge in [0, 0.05) is 13.1 Å². The molecule has 10 heavy (non-hydrogen) atoms.